The van der Waals surface area contributed by atoms with Gasteiger partial charge in [-0.15, -0.1) is 0 Å². The molecule has 0 spiro atoms. The van der Waals surface area contributed by atoms with Gasteiger partial charge in [0.15, 0.2) is 11.4 Å². The number of nitrogens with one attached hydrogen (secondary N) is 1. The van der Waals surface area contributed by atoms with Crippen molar-refractivity contribution in [1.82, 2.24) is 5.32 Å². The van der Waals surface area contributed by atoms with Crippen LogP contribution in [0.15, 0.2) is 17.0 Å². The van der Waals surface area contributed by atoms with Crippen molar-refractivity contribution < 1.29 is 21.9 Å². The third-order valence-electron chi connectivity index (χ3n) is 7.52. The normalized spacial score (nSPS) is 31.5. The Hall–Kier alpha value is -1.06. The maximum atomic E-state index is 13.3. The van der Waals surface area contributed by atoms with Gasteiger partial charge in [0.2, 0.25) is 5.91 Å². The van der Waals surface area contributed by atoms with Crippen molar-refractivity contribution in [2.45, 2.75) is 43.0 Å². The number of benzene rings is 1. The van der Waals surface area contributed by atoms with E-state index in [0.717, 1.165) is 19.3 Å². The number of nitrogens with two attached hydrogens (primary N) is 1. The van der Waals surface area contributed by atoms with Crippen molar-refractivity contribution in [2.75, 3.05) is 20.6 Å². The van der Waals surface area contributed by atoms with E-state index < -0.39 is 19.3 Å². The number of sulfonamides is 1. The SMILES string of the molecule is C[N+](C)(CC(=O)NC1C2CC3CC1CC(C(N)=O)(C3)C2)S(=O)(=O)c1c(Cl)cc(Cl)cc1Cl. The second-order valence-electron chi connectivity index (χ2n) is 10.1. The van der Waals surface area contributed by atoms with Gasteiger partial charge in [0.1, 0.15) is 0 Å². The summed E-state index contributed by atoms with van der Waals surface area (Å²) in [7, 11) is -1.25. The zero-order chi connectivity index (χ0) is 23.6. The number of rotatable bonds is 6. The van der Waals surface area contributed by atoms with Crippen LogP contribution in [0.1, 0.15) is 32.1 Å². The number of hydrogen-bond donors (Lipinski definition) is 2. The third kappa shape index (κ3) is 3.92. The van der Waals surface area contributed by atoms with E-state index in [-0.39, 0.29) is 56.2 Å². The Balaban J connectivity index is 1.50. The van der Waals surface area contributed by atoms with E-state index in [2.05, 4.69) is 5.32 Å². The summed E-state index contributed by atoms with van der Waals surface area (Å²) in [6, 6.07) is 2.55. The van der Waals surface area contributed by atoms with Gasteiger partial charge in [-0.05, 0) is 62.0 Å². The topological polar surface area (TPSA) is 106 Å². The van der Waals surface area contributed by atoms with Crippen LogP contribution in [0.25, 0.3) is 0 Å². The summed E-state index contributed by atoms with van der Waals surface area (Å²) in [4.78, 5) is 24.9. The first-order chi connectivity index (χ1) is 14.8. The van der Waals surface area contributed by atoms with E-state index in [1.54, 1.807) is 0 Å². The Morgan fingerprint density at radius 2 is 1.62 bits per heavy atom. The largest absolute Gasteiger partial charge is 0.369 e. The molecule has 5 rings (SSSR count). The van der Waals surface area contributed by atoms with Crippen LogP contribution in [0.5, 0.6) is 0 Å². The molecule has 2 amide bonds. The van der Waals surface area contributed by atoms with Crippen molar-refractivity contribution in [3.05, 3.63) is 27.2 Å². The number of primary amides is 1. The highest BCUT2D eigenvalue weighted by Gasteiger charge is 2.58. The van der Waals surface area contributed by atoms with Gasteiger partial charge in [0.05, 0.1) is 24.1 Å². The van der Waals surface area contributed by atoms with Gasteiger partial charge < -0.3 is 11.1 Å². The standard InChI is InChI=1S/C21H26Cl3N3O4S/c1-27(2,32(30,31)19-15(23)5-14(22)6-16(19)24)10-17(28)26-18-12-3-11-4-13(18)9-21(7-11,8-12)20(25)29/h5-6,11-13,18H,3-4,7-10H2,1-2H3,(H2-,25,26,28,29)/p+1. The molecule has 2 unspecified atom stereocenters. The fraction of sp³-hybridized carbons (Fsp3) is 0.619. The van der Waals surface area contributed by atoms with E-state index >= 15 is 0 Å². The fourth-order valence-electron chi connectivity index (χ4n) is 6.25. The molecule has 3 N–H and O–H groups in total. The lowest BCUT2D eigenvalue weighted by atomic mass is 9.47. The van der Waals surface area contributed by atoms with Gasteiger partial charge in [0.25, 0.3) is 5.91 Å². The molecule has 32 heavy (non-hydrogen) atoms. The summed E-state index contributed by atoms with van der Waals surface area (Å²) in [5, 5.41) is 3.12. The summed E-state index contributed by atoms with van der Waals surface area (Å²) >= 11 is 18.2. The van der Waals surface area contributed by atoms with E-state index in [9.17, 15) is 18.0 Å². The highest BCUT2D eigenvalue weighted by Crippen LogP contribution is 2.59. The molecular formula is C21H27Cl3N3O4S+. The van der Waals surface area contributed by atoms with Crippen LogP contribution >= 0.6 is 34.8 Å². The average molecular weight is 524 g/mol. The predicted molar refractivity (Wildman–Crippen MR) is 123 cm³/mol. The van der Waals surface area contributed by atoms with Crippen LogP contribution in [0, 0.1) is 23.2 Å². The number of carbonyl (C=O) groups excluding carboxylic acids is 2. The molecule has 0 aromatic heterocycles. The molecule has 4 aliphatic rings. The number of carbonyl (C=O) groups is 2. The molecule has 11 heteroatoms. The molecular weight excluding hydrogens is 497 g/mol. The Labute approximate surface area is 203 Å². The van der Waals surface area contributed by atoms with E-state index in [1.165, 1.54) is 26.2 Å². The third-order valence-corrected chi connectivity index (χ3v) is 10.9. The van der Waals surface area contributed by atoms with Crippen LogP contribution in [-0.4, -0.2) is 50.8 Å². The summed E-state index contributed by atoms with van der Waals surface area (Å²) in [5.74, 6) is 0.234. The molecule has 0 aliphatic heterocycles. The Kier molecular flexibility index (Phi) is 6.03. The van der Waals surface area contributed by atoms with Crippen LogP contribution in [0.3, 0.4) is 0 Å². The molecule has 1 aromatic carbocycles. The number of nitrogens with zero attached hydrogens (tertiary/aromatic N) is 1. The number of amides is 2. The second-order valence-corrected chi connectivity index (χ2v) is 13.7. The van der Waals surface area contributed by atoms with Gasteiger partial charge in [0, 0.05) is 16.5 Å². The lowest BCUT2D eigenvalue weighted by molar-refractivity contribution is -0.753. The summed E-state index contributed by atoms with van der Waals surface area (Å²) in [5.41, 5.74) is 5.29. The Bertz CT molecular complexity index is 1050. The number of hydrogen-bond acceptors (Lipinski definition) is 4. The number of quaternary nitrogens is 1. The van der Waals surface area contributed by atoms with Crippen molar-refractivity contribution in [2.24, 2.45) is 28.9 Å². The monoisotopic (exact) mass is 522 g/mol. The van der Waals surface area contributed by atoms with Gasteiger partial charge in [-0.25, -0.2) is 3.89 Å². The fourth-order valence-corrected chi connectivity index (χ4v) is 9.04. The minimum atomic E-state index is -4.10. The van der Waals surface area contributed by atoms with E-state index in [4.69, 9.17) is 40.5 Å². The lowest BCUT2D eigenvalue weighted by Gasteiger charge is -2.58. The molecule has 1 aromatic rings. The summed E-state index contributed by atoms with van der Waals surface area (Å²) in [6.07, 6.45) is 4.15. The molecule has 4 saturated carbocycles. The van der Waals surface area contributed by atoms with Crippen LogP contribution in [0.2, 0.25) is 15.1 Å². The van der Waals surface area contributed by atoms with Crippen LogP contribution in [-0.2, 0) is 19.6 Å². The zero-order valence-electron chi connectivity index (χ0n) is 17.9. The highest BCUT2D eigenvalue weighted by atomic mass is 35.5. The van der Waals surface area contributed by atoms with Crippen LogP contribution in [0.4, 0.5) is 0 Å². The van der Waals surface area contributed by atoms with Crippen molar-refractivity contribution in [1.29, 1.82) is 0 Å². The number of halogens is 3. The first-order valence-electron chi connectivity index (χ1n) is 10.6. The molecule has 0 radical (unpaired) electrons. The Morgan fingerprint density at radius 1 is 1.09 bits per heavy atom. The van der Waals surface area contributed by atoms with Crippen molar-refractivity contribution in [3.63, 3.8) is 0 Å². The molecule has 4 bridgehead atoms. The molecule has 2 atom stereocenters. The van der Waals surface area contributed by atoms with Gasteiger partial charge in [-0.2, -0.15) is 8.42 Å². The maximum absolute atomic E-state index is 13.3. The second kappa shape index (κ2) is 8.01. The quantitative estimate of drug-likeness (QED) is 0.558. The summed E-state index contributed by atoms with van der Waals surface area (Å²) < 4.78 is 26.0. The smallest absolute Gasteiger partial charge is 0.330 e. The molecule has 4 fully saturated rings. The molecule has 0 saturated heterocycles. The van der Waals surface area contributed by atoms with Gasteiger partial charge in [-0.3, -0.25) is 9.59 Å². The lowest BCUT2D eigenvalue weighted by Crippen LogP contribution is -2.63. The molecule has 0 heterocycles. The maximum Gasteiger partial charge on any atom is 0.330 e. The van der Waals surface area contributed by atoms with Gasteiger partial charge >= 0.3 is 10.0 Å². The molecule has 7 nitrogen and oxygen atoms in total. The minimum absolute atomic E-state index is 0.0723. The predicted octanol–water partition coefficient (Wildman–Crippen LogP) is 3.21. The van der Waals surface area contributed by atoms with Crippen molar-refractivity contribution >= 4 is 56.6 Å². The molecule has 176 valence electrons. The summed E-state index contributed by atoms with van der Waals surface area (Å²) in [6.45, 7) is -0.308. The van der Waals surface area contributed by atoms with Crippen LogP contribution < -0.4 is 11.1 Å². The van der Waals surface area contributed by atoms with Gasteiger partial charge in [-0.1, -0.05) is 34.8 Å². The van der Waals surface area contributed by atoms with Crippen molar-refractivity contribution in [3.8, 4) is 0 Å². The minimum Gasteiger partial charge on any atom is -0.369 e. The average Bonchev–Trinajstić information content (AvgIpc) is 2.62. The van der Waals surface area contributed by atoms with E-state index in [0.29, 0.717) is 18.8 Å². The molecule has 4 aliphatic carbocycles. The zero-order valence-corrected chi connectivity index (χ0v) is 21.0. The van der Waals surface area contributed by atoms with E-state index in [1.807, 2.05) is 0 Å². The Morgan fingerprint density at radius 3 is 2.12 bits per heavy atom. The first kappa shape index (κ1) is 24.1. The first-order valence-corrected chi connectivity index (χ1v) is 13.2. The highest BCUT2D eigenvalue weighted by molar-refractivity contribution is 7.86. The number of likely N-dealkylation sites (N-methyl/N-ethyl adjacent to an activating group) is 1.